The zero-order chi connectivity index (χ0) is 14.6. The largest absolute Gasteiger partial charge is 0.417 e. The van der Waals surface area contributed by atoms with E-state index in [1.165, 1.54) is 12.1 Å². The van der Waals surface area contributed by atoms with Crippen LogP contribution in [0.1, 0.15) is 17.0 Å². The van der Waals surface area contributed by atoms with Crippen LogP contribution in [-0.4, -0.2) is 16.5 Å². The minimum Gasteiger partial charge on any atom is -0.385 e. The lowest BCUT2D eigenvalue weighted by Gasteiger charge is -2.11. The zero-order valence-corrected chi connectivity index (χ0v) is 10.3. The Labute approximate surface area is 113 Å². The van der Waals surface area contributed by atoms with Crippen LogP contribution >= 0.6 is 0 Å². The molecular formula is C13H11F3N4. The van der Waals surface area contributed by atoms with Gasteiger partial charge in [0.05, 0.1) is 17.2 Å². The predicted molar refractivity (Wildman–Crippen MR) is 66.9 cm³/mol. The molecule has 1 aromatic heterocycles. The van der Waals surface area contributed by atoms with E-state index in [4.69, 9.17) is 5.26 Å². The highest BCUT2D eigenvalue weighted by Gasteiger charge is 2.33. The molecule has 0 saturated carbocycles. The second-order valence-corrected chi connectivity index (χ2v) is 4.08. The molecule has 2 rings (SSSR count). The SMILES string of the molecule is N#Cc1cc(NCCc2ncc[nH]2)ccc1C(F)(F)F. The van der Waals surface area contributed by atoms with Crippen molar-refractivity contribution in [3.63, 3.8) is 0 Å². The zero-order valence-electron chi connectivity index (χ0n) is 10.3. The van der Waals surface area contributed by atoms with Gasteiger partial charge in [-0.25, -0.2) is 4.98 Å². The number of rotatable bonds is 4. The number of nitrogens with zero attached hydrogens (tertiary/aromatic N) is 2. The second-order valence-electron chi connectivity index (χ2n) is 4.08. The fourth-order valence-electron chi connectivity index (χ4n) is 1.75. The fraction of sp³-hybridized carbons (Fsp3) is 0.231. The summed E-state index contributed by atoms with van der Waals surface area (Å²) in [6, 6.07) is 4.99. The van der Waals surface area contributed by atoms with Crippen LogP contribution < -0.4 is 5.32 Å². The van der Waals surface area contributed by atoms with Gasteiger partial charge in [0.25, 0.3) is 0 Å². The lowest BCUT2D eigenvalue weighted by molar-refractivity contribution is -0.137. The van der Waals surface area contributed by atoms with Crippen LogP contribution in [0.5, 0.6) is 0 Å². The Bertz CT molecular complexity index is 612. The van der Waals surface area contributed by atoms with Crippen molar-refractivity contribution in [2.45, 2.75) is 12.6 Å². The van der Waals surface area contributed by atoms with E-state index in [9.17, 15) is 13.2 Å². The average molecular weight is 280 g/mol. The van der Waals surface area contributed by atoms with E-state index in [0.717, 1.165) is 11.9 Å². The first-order chi connectivity index (χ1) is 9.50. The Morgan fingerprint density at radius 1 is 1.35 bits per heavy atom. The third-order valence-corrected chi connectivity index (χ3v) is 2.69. The lowest BCUT2D eigenvalue weighted by Crippen LogP contribution is -2.10. The number of aromatic nitrogens is 2. The van der Waals surface area contributed by atoms with Crippen LogP contribution in [0.3, 0.4) is 0 Å². The second kappa shape index (κ2) is 5.65. The van der Waals surface area contributed by atoms with E-state index in [1.807, 2.05) is 0 Å². The van der Waals surface area contributed by atoms with Gasteiger partial charge < -0.3 is 10.3 Å². The van der Waals surface area contributed by atoms with Crippen molar-refractivity contribution in [3.8, 4) is 6.07 Å². The molecule has 0 aliphatic heterocycles. The van der Waals surface area contributed by atoms with Gasteiger partial charge in [-0.2, -0.15) is 18.4 Å². The number of aromatic amines is 1. The van der Waals surface area contributed by atoms with Crippen LogP contribution in [0.15, 0.2) is 30.6 Å². The normalized spacial score (nSPS) is 11.1. The number of anilines is 1. The van der Waals surface area contributed by atoms with Crippen molar-refractivity contribution < 1.29 is 13.2 Å². The lowest BCUT2D eigenvalue weighted by atomic mass is 10.1. The molecule has 0 fully saturated rings. The quantitative estimate of drug-likeness (QED) is 0.905. The van der Waals surface area contributed by atoms with Gasteiger partial charge in [-0.05, 0) is 18.2 Å². The number of imidazole rings is 1. The topological polar surface area (TPSA) is 64.5 Å². The summed E-state index contributed by atoms with van der Waals surface area (Å²) in [5, 5.41) is 11.7. The van der Waals surface area contributed by atoms with Crippen molar-refractivity contribution in [2.75, 3.05) is 11.9 Å². The van der Waals surface area contributed by atoms with Gasteiger partial charge in [-0.15, -0.1) is 0 Å². The molecular weight excluding hydrogens is 269 g/mol. The van der Waals surface area contributed by atoms with Gasteiger partial charge >= 0.3 is 6.18 Å². The van der Waals surface area contributed by atoms with Gasteiger partial charge in [0, 0.05) is 31.0 Å². The smallest absolute Gasteiger partial charge is 0.385 e. The molecule has 0 aliphatic carbocycles. The number of alkyl halides is 3. The Morgan fingerprint density at radius 2 is 2.15 bits per heavy atom. The van der Waals surface area contributed by atoms with Crippen LogP contribution in [-0.2, 0) is 12.6 Å². The number of nitrogens with one attached hydrogen (secondary N) is 2. The summed E-state index contributed by atoms with van der Waals surface area (Å²) in [5.74, 6) is 0.782. The van der Waals surface area contributed by atoms with Crippen LogP contribution in [0.25, 0.3) is 0 Å². The van der Waals surface area contributed by atoms with Crippen LogP contribution in [0.4, 0.5) is 18.9 Å². The molecule has 0 spiro atoms. The van der Waals surface area contributed by atoms with Crippen LogP contribution in [0.2, 0.25) is 0 Å². The first kappa shape index (κ1) is 13.9. The standard InChI is InChI=1S/C13H11F3N4/c14-13(15,16)11-2-1-10(7-9(11)8-17)18-4-3-12-19-5-6-20-12/h1-2,5-7,18H,3-4H2,(H,19,20). The molecule has 0 radical (unpaired) electrons. The molecule has 0 saturated heterocycles. The first-order valence-electron chi connectivity index (χ1n) is 5.84. The fourth-order valence-corrected chi connectivity index (χ4v) is 1.75. The number of H-pyrrole nitrogens is 1. The maximum Gasteiger partial charge on any atom is 0.417 e. The third-order valence-electron chi connectivity index (χ3n) is 2.69. The molecule has 0 unspecified atom stereocenters. The van der Waals surface area contributed by atoms with Crippen molar-refractivity contribution in [2.24, 2.45) is 0 Å². The van der Waals surface area contributed by atoms with E-state index in [1.54, 1.807) is 18.5 Å². The van der Waals surface area contributed by atoms with Gasteiger partial charge in [0.1, 0.15) is 5.82 Å². The number of halogens is 3. The Morgan fingerprint density at radius 3 is 2.75 bits per heavy atom. The summed E-state index contributed by atoms with van der Waals surface area (Å²) in [6.45, 7) is 0.504. The summed E-state index contributed by atoms with van der Waals surface area (Å²) in [6.07, 6.45) is -0.587. The van der Waals surface area contributed by atoms with E-state index < -0.39 is 11.7 Å². The number of hydrogen-bond acceptors (Lipinski definition) is 3. The summed E-state index contributed by atoms with van der Waals surface area (Å²) in [7, 11) is 0. The molecule has 2 N–H and O–H groups in total. The van der Waals surface area contributed by atoms with Gasteiger partial charge in [0.15, 0.2) is 0 Å². The molecule has 0 aliphatic rings. The third kappa shape index (κ3) is 3.29. The van der Waals surface area contributed by atoms with Gasteiger partial charge in [-0.3, -0.25) is 0 Å². The number of benzene rings is 1. The monoisotopic (exact) mass is 280 g/mol. The maximum atomic E-state index is 12.6. The minimum atomic E-state index is -4.52. The van der Waals surface area contributed by atoms with Crippen molar-refractivity contribution >= 4 is 5.69 Å². The minimum absolute atomic E-state index is 0.388. The Kier molecular flexibility index (Phi) is 3.94. The summed E-state index contributed by atoms with van der Waals surface area (Å²) in [5.41, 5.74) is -0.835. The van der Waals surface area contributed by atoms with Crippen molar-refractivity contribution in [1.82, 2.24) is 9.97 Å². The molecule has 0 atom stereocenters. The molecule has 0 amide bonds. The molecule has 1 heterocycles. The highest BCUT2D eigenvalue weighted by Crippen LogP contribution is 2.32. The highest BCUT2D eigenvalue weighted by atomic mass is 19.4. The number of hydrogen-bond donors (Lipinski definition) is 2. The molecule has 4 nitrogen and oxygen atoms in total. The van der Waals surface area contributed by atoms with E-state index in [-0.39, 0.29) is 5.56 Å². The summed E-state index contributed by atoms with van der Waals surface area (Å²) < 4.78 is 37.9. The molecule has 7 heteroatoms. The van der Waals surface area contributed by atoms with Crippen molar-refractivity contribution in [3.05, 3.63) is 47.5 Å². The summed E-state index contributed by atoms with van der Waals surface area (Å²) >= 11 is 0. The first-order valence-corrected chi connectivity index (χ1v) is 5.84. The van der Waals surface area contributed by atoms with E-state index in [0.29, 0.717) is 18.7 Å². The maximum absolute atomic E-state index is 12.6. The van der Waals surface area contributed by atoms with E-state index >= 15 is 0 Å². The summed E-state index contributed by atoms with van der Waals surface area (Å²) in [4.78, 5) is 6.95. The number of nitriles is 1. The van der Waals surface area contributed by atoms with E-state index in [2.05, 4.69) is 15.3 Å². The molecule has 20 heavy (non-hydrogen) atoms. The van der Waals surface area contributed by atoms with Gasteiger partial charge in [0.2, 0.25) is 0 Å². The molecule has 2 aromatic rings. The molecule has 104 valence electrons. The highest BCUT2D eigenvalue weighted by molar-refractivity contribution is 5.53. The van der Waals surface area contributed by atoms with Crippen molar-refractivity contribution in [1.29, 1.82) is 5.26 Å². The Balaban J connectivity index is 2.05. The van der Waals surface area contributed by atoms with Gasteiger partial charge in [-0.1, -0.05) is 0 Å². The Hall–Kier alpha value is -2.49. The molecule has 1 aromatic carbocycles. The molecule has 0 bridgehead atoms. The average Bonchev–Trinajstić information content (AvgIpc) is 2.90. The predicted octanol–water partition coefficient (Wildman–Crippen LogP) is 2.95. The van der Waals surface area contributed by atoms with Crippen LogP contribution in [0, 0.1) is 11.3 Å².